The molecule has 1 saturated heterocycles. The van der Waals surface area contributed by atoms with Crippen molar-refractivity contribution in [1.29, 1.82) is 0 Å². The number of nitrogens with zero attached hydrogens (tertiary/aromatic N) is 1. The lowest BCUT2D eigenvalue weighted by Crippen LogP contribution is -2.29. The molecule has 21 heavy (non-hydrogen) atoms. The summed E-state index contributed by atoms with van der Waals surface area (Å²) in [5, 5.41) is 0. The molecule has 1 heterocycles. The molecule has 0 aromatic heterocycles. The van der Waals surface area contributed by atoms with Crippen molar-refractivity contribution in [3.63, 3.8) is 0 Å². The predicted octanol–water partition coefficient (Wildman–Crippen LogP) is 3.23. The third-order valence-corrected chi connectivity index (χ3v) is 4.74. The van der Waals surface area contributed by atoms with E-state index < -0.39 is 0 Å². The van der Waals surface area contributed by atoms with Crippen LogP contribution in [-0.2, 0) is 6.54 Å². The molecule has 2 nitrogen and oxygen atoms in total. The van der Waals surface area contributed by atoms with Gasteiger partial charge in [-0.05, 0) is 36.1 Å². The van der Waals surface area contributed by atoms with Gasteiger partial charge in [-0.25, -0.2) is 0 Å². The molecule has 0 radical (unpaired) electrons. The SMILES string of the molecule is Cc1cccc(C2CN(Cc3ccccc3)CC2N)c1C. The highest BCUT2D eigenvalue weighted by molar-refractivity contribution is 5.37. The van der Waals surface area contributed by atoms with Gasteiger partial charge in [-0.3, -0.25) is 4.90 Å². The Morgan fingerprint density at radius 3 is 2.52 bits per heavy atom. The molecular weight excluding hydrogens is 256 g/mol. The summed E-state index contributed by atoms with van der Waals surface area (Å²) in [5.41, 5.74) is 12.0. The van der Waals surface area contributed by atoms with Crippen LogP contribution in [0.1, 0.15) is 28.2 Å². The Hall–Kier alpha value is -1.64. The maximum Gasteiger partial charge on any atom is 0.0250 e. The summed E-state index contributed by atoms with van der Waals surface area (Å²) in [6, 6.07) is 17.5. The van der Waals surface area contributed by atoms with E-state index in [1.165, 1.54) is 22.3 Å². The van der Waals surface area contributed by atoms with Crippen LogP contribution >= 0.6 is 0 Å². The molecule has 2 atom stereocenters. The summed E-state index contributed by atoms with van der Waals surface area (Å²) in [4.78, 5) is 2.48. The van der Waals surface area contributed by atoms with Gasteiger partial charge in [0.1, 0.15) is 0 Å². The maximum atomic E-state index is 6.43. The van der Waals surface area contributed by atoms with Gasteiger partial charge in [0.25, 0.3) is 0 Å². The molecule has 2 heteroatoms. The van der Waals surface area contributed by atoms with Gasteiger partial charge in [-0.1, -0.05) is 48.5 Å². The normalized spacial score (nSPS) is 22.6. The summed E-state index contributed by atoms with van der Waals surface area (Å²) in [7, 11) is 0. The van der Waals surface area contributed by atoms with Crippen LogP contribution in [0.25, 0.3) is 0 Å². The minimum atomic E-state index is 0.231. The summed E-state index contributed by atoms with van der Waals surface area (Å²) >= 11 is 0. The fraction of sp³-hybridized carbons (Fsp3) is 0.368. The third-order valence-electron chi connectivity index (χ3n) is 4.74. The topological polar surface area (TPSA) is 29.3 Å². The highest BCUT2D eigenvalue weighted by atomic mass is 15.2. The van der Waals surface area contributed by atoms with E-state index in [1.807, 2.05) is 0 Å². The Morgan fingerprint density at radius 1 is 1.00 bits per heavy atom. The van der Waals surface area contributed by atoms with Crippen LogP contribution in [0.15, 0.2) is 48.5 Å². The van der Waals surface area contributed by atoms with Gasteiger partial charge in [-0.15, -0.1) is 0 Å². The highest BCUT2D eigenvalue weighted by Crippen LogP contribution is 2.30. The zero-order valence-electron chi connectivity index (χ0n) is 12.9. The van der Waals surface area contributed by atoms with Crippen LogP contribution in [-0.4, -0.2) is 24.0 Å². The average Bonchev–Trinajstić information content (AvgIpc) is 2.83. The van der Waals surface area contributed by atoms with Crippen molar-refractivity contribution in [2.45, 2.75) is 32.4 Å². The van der Waals surface area contributed by atoms with Gasteiger partial charge >= 0.3 is 0 Å². The van der Waals surface area contributed by atoms with Gasteiger partial charge in [-0.2, -0.15) is 0 Å². The Kier molecular flexibility index (Phi) is 4.09. The lowest BCUT2D eigenvalue weighted by atomic mass is 9.89. The van der Waals surface area contributed by atoms with Crippen LogP contribution in [0.3, 0.4) is 0 Å². The summed E-state index contributed by atoms with van der Waals surface area (Å²) < 4.78 is 0. The Bertz CT molecular complexity index is 606. The van der Waals surface area contributed by atoms with Crippen molar-refractivity contribution in [3.8, 4) is 0 Å². The molecule has 2 aromatic carbocycles. The third kappa shape index (κ3) is 3.02. The highest BCUT2D eigenvalue weighted by Gasteiger charge is 2.32. The largest absolute Gasteiger partial charge is 0.326 e. The molecule has 2 N–H and O–H groups in total. The molecule has 1 aliphatic heterocycles. The summed E-state index contributed by atoms with van der Waals surface area (Å²) in [6.07, 6.45) is 0. The minimum absolute atomic E-state index is 0.231. The van der Waals surface area contributed by atoms with Crippen molar-refractivity contribution < 1.29 is 0 Å². The number of nitrogens with two attached hydrogens (primary N) is 1. The second-order valence-corrected chi connectivity index (χ2v) is 6.24. The first kappa shape index (κ1) is 14.3. The van der Waals surface area contributed by atoms with Crippen LogP contribution in [0.4, 0.5) is 0 Å². The quantitative estimate of drug-likeness (QED) is 0.935. The van der Waals surface area contributed by atoms with Crippen molar-refractivity contribution in [2.75, 3.05) is 13.1 Å². The van der Waals surface area contributed by atoms with Gasteiger partial charge in [0.2, 0.25) is 0 Å². The summed E-state index contributed by atoms with van der Waals surface area (Å²) in [6.45, 7) is 7.43. The number of hydrogen-bond acceptors (Lipinski definition) is 2. The van der Waals surface area contributed by atoms with E-state index in [0.717, 1.165) is 19.6 Å². The molecule has 0 saturated carbocycles. The van der Waals surface area contributed by atoms with E-state index in [0.29, 0.717) is 5.92 Å². The number of likely N-dealkylation sites (tertiary alicyclic amines) is 1. The van der Waals surface area contributed by atoms with E-state index in [2.05, 4.69) is 67.3 Å². The molecule has 110 valence electrons. The van der Waals surface area contributed by atoms with E-state index >= 15 is 0 Å². The van der Waals surface area contributed by atoms with Crippen molar-refractivity contribution in [1.82, 2.24) is 4.90 Å². The first-order valence-electron chi connectivity index (χ1n) is 7.73. The molecule has 3 rings (SSSR count). The zero-order valence-corrected chi connectivity index (χ0v) is 12.9. The van der Waals surface area contributed by atoms with Crippen molar-refractivity contribution >= 4 is 0 Å². The van der Waals surface area contributed by atoms with Gasteiger partial charge in [0.15, 0.2) is 0 Å². The number of benzene rings is 2. The Labute approximate surface area is 127 Å². The fourth-order valence-electron chi connectivity index (χ4n) is 3.39. The number of rotatable bonds is 3. The molecule has 2 aromatic rings. The Morgan fingerprint density at radius 2 is 1.76 bits per heavy atom. The smallest absolute Gasteiger partial charge is 0.0250 e. The maximum absolute atomic E-state index is 6.43. The lowest BCUT2D eigenvalue weighted by molar-refractivity contribution is 0.324. The standard InChI is InChI=1S/C19H24N2/c1-14-7-6-10-17(15(14)2)18-12-21(13-19(18)20)11-16-8-4-3-5-9-16/h3-10,18-19H,11-13,20H2,1-2H3. The van der Waals surface area contributed by atoms with Crippen LogP contribution in [0.2, 0.25) is 0 Å². The second-order valence-electron chi connectivity index (χ2n) is 6.24. The van der Waals surface area contributed by atoms with Gasteiger partial charge in [0.05, 0.1) is 0 Å². The van der Waals surface area contributed by atoms with E-state index in [1.54, 1.807) is 0 Å². The van der Waals surface area contributed by atoms with Crippen LogP contribution in [0.5, 0.6) is 0 Å². The first-order valence-corrected chi connectivity index (χ1v) is 7.73. The zero-order chi connectivity index (χ0) is 14.8. The van der Waals surface area contributed by atoms with Crippen molar-refractivity contribution in [2.24, 2.45) is 5.73 Å². The summed E-state index contributed by atoms with van der Waals surface area (Å²) in [5.74, 6) is 0.452. The number of aryl methyl sites for hydroxylation is 1. The van der Waals surface area contributed by atoms with Gasteiger partial charge in [0, 0.05) is 31.6 Å². The van der Waals surface area contributed by atoms with Gasteiger partial charge < -0.3 is 5.73 Å². The molecule has 0 bridgehead atoms. The van der Waals surface area contributed by atoms with Crippen LogP contribution in [0, 0.1) is 13.8 Å². The van der Waals surface area contributed by atoms with Crippen LogP contribution < -0.4 is 5.73 Å². The fourth-order valence-corrected chi connectivity index (χ4v) is 3.39. The molecule has 1 aliphatic rings. The molecular formula is C19H24N2. The second kappa shape index (κ2) is 6.00. The Balaban J connectivity index is 1.76. The van der Waals surface area contributed by atoms with E-state index in [9.17, 15) is 0 Å². The van der Waals surface area contributed by atoms with E-state index in [-0.39, 0.29) is 6.04 Å². The molecule has 2 unspecified atom stereocenters. The first-order chi connectivity index (χ1) is 10.1. The molecule has 0 spiro atoms. The molecule has 0 aliphatic carbocycles. The van der Waals surface area contributed by atoms with Crippen molar-refractivity contribution in [3.05, 3.63) is 70.8 Å². The molecule has 0 amide bonds. The predicted molar refractivity (Wildman–Crippen MR) is 88.4 cm³/mol. The lowest BCUT2D eigenvalue weighted by Gasteiger charge is -2.19. The average molecular weight is 280 g/mol. The number of hydrogen-bond donors (Lipinski definition) is 1. The van der Waals surface area contributed by atoms with E-state index in [4.69, 9.17) is 5.73 Å². The molecule has 1 fully saturated rings. The minimum Gasteiger partial charge on any atom is -0.326 e. The monoisotopic (exact) mass is 280 g/mol.